The van der Waals surface area contributed by atoms with Gasteiger partial charge in [-0.1, -0.05) is 30.3 Å². The van der Waals surface area contributed by atoms with Crippen molar-refractivity contribution >= 4 is 56.9 Å². The highest BCUT2D eigenvalue weighted by Gasteiger charge is 2.41. The van der Waals surface area contributed by atoms with Gasteiger partial charge >= 0.3 is 5.97 Å². The first kappa shape index (κ1) is 18.5. The summed E-state index contributed by atoms with van der Waals surface area (Å²) in [5.41, 5.74) is 1.63. The van der Waals surface area contributed by atoms with Gasteiger partial charge in [-0.2, -0.15) is 0 Å². The van der Waals surface area contributed by atoms with E-state index in [4.69, 9.17) is 4.74 Å². The van der Waals surface area contributed by atoms with Gasteiger partial charge in [0.15, 0.2) is 5.78 Å². The predicted octanol–water partition coefficient (Wildman–Crippen LogP) is 4.62. The van der Waals surface area contributed by atoms with E-state index in [-0.39, 0.29) is 28.9 Å². The minimum atomic E-state index is -1.01. The van der Waals surface area contributed by atoms with E-state index in [1.165, 1.54) is 6.08 Å². The summed E-state index contributed by atoms with van der Waals surface area (Å²) < 4.78 is 7.06. The molecule has 1 aliphatic carbocycles. The number of ether oxygens (including phenoxy) is 1. The highest BCUT2D eigenvalue weighted by Crippen LogP contribution is 2.52. The smallest absolute Gasteiger partial charge is 0.335 e. The summed E-state index contributed by atoms with van der Waals surface area (Å²) >= 11 is 3.96. The SMILES string of the molecule is O=C1C=C[C@@H]2C(=C1I)Oc1c(ccc(O)c1I)[C@H]2c1ccccc1C(=O)O. The number of fused-ring (bicyclic) bond motifs is 2. The van der Waals surface area contributed by atoms with E-state index in [2.05, 4.69) is 0 Å². The third-order valence-corrected chi connectivity index (χ3v) is 6.84. The average molecular weight is 586 g/mol. The Morgan fingerprint density at radius 1 is 1.07 bits per heavy atom. The van der Waals surface area contributed by atoms with Crippen molar-refractivity contribution in [1.29, 1.82) is 0 Å². The van der Waals surface area contributed by atoms with E-state index >= 15 is 0 Å². The molecule has 1 heterocycles. The van der Waals surface area contributed by atoms with Crippen molar-refractivity contribution in [2.45, 2.75) is 5.92 Å². The summed E-state index contributed by atoms with van der Waals surface area (Å²) in [7, 11) is 0. The Morgan fingerprint density at radius 2 is 1.81 bits per heavy atom. The van der Waals surface area contributed by atoms with Gasteiger partial charge in [-0.05, 0) is 69.0 Å². The van der Waals surface area contributed by atoms with Crippen molar-refractivity contribution in [2.24, 2.45) is 5.92 Å². The Balaban J connectivity index is 2.03. The van der Waals surface area contributed by atoms with Crippen LogP contribution in [-0.2, 0) is 4.79 Å². The van der Waals surface area contributed by atoms with Crippen molar-refractivity contribution in [3.63, 3.8) is 0 Å². The minimum absolute atomic E-state index is 0.0753. The first-order chi connectivity index (χ1) is 12.9. The molecular formula is C20H12I2O5. The number of aromatic carboxylic acids is 1. The number of benzene rings is 2. The zero-order chi connectivity index (χ0) is 19.3. The lowest BCUT2D eigenvalue weighted by atomic mass is 9.74. The Labute approximate surface area is 182 Å². The number of carboxylic acid groups (broad SMARTS) is 1. The second-order valence-corrected chi connectivity index (χ2v) is 8.37. The molecule has 2 aliphatic rings. The highest BCUT2D eigenvalue weighted by molar-refractivity contribution is 14.1. The second-order valence-electron chi connectivity index (χ2n) is 6.22. The molecule has 0 fully saturated rings. The molecule has 0 saturated heterocycles. The van der Waals surface area contributed by atoms with Crippen LogP contribution in [-0.4, -0.2) is 22.0 Å². The third kappa shape index (κ3) is 2.96. The number of carboxylic acids is 1. The van der Waals surface area contributed by atoms with E-state index in [1.807, 2.05) is 45.2 Å². The lowest BCUT2D eigenvalue weighted by molar-refractivity contribution is -0.110. The van der Waals surface area contributed by atoms with Crippen LogP contribution in [0, 0.1) is 9.49 Å². The van der Waals surface area contributed by atoms with Crippen molar-refractivity contribution < 1.29 is 24.5 Å². The fourth-order valence-corrected chi connectivity index (χ4v) is 4.78. The molecule has 7 heteroatoms. The molecule has 0 bridgehead atoms. The van der Waals surface area contributed by atoms with Gasteiger partial charge in [0.1, 0.15) is 17.3 Å². The summed E-state index contributed by atoms with van der Waals surface area (Å²) in [5.74, 6) is -0.781. The van der Waals surface area contributed by atoms with E-state index in [0.29, 0.717) is 24.2 Å². The number of allylic oxidation sites excluding steroid dienone is 3. The van der Waals surface area contributed by atoms with Crippen LogP contribution in [0.15, 0.2) is 57.9 Å². The largest absolute Gasteiger partial charge is 0.507 e. The molecular weight excluding hydrogens is 574 g/mol. The van der Waals surface area contributed by atoms with E-state index < -0.39 is 5.97 Å². The number of halogens is 2. The minimum Gasteiger partial charge on any atom is -0.507 e. The lowest BCUT2D eigenvalue weighted by Gasteiger charge is -2.37. The van der Waals surface area contributed by atoms with Gasteiger partial charge in [0.25, 0.3) is 0 Å². The molecule has 0 unspecified atom stereocenters. The molecule has 0 saturated carbocycles. The Hall–Kier alpha value is -1.88. The molecule has 0 amide bonds. The van der Waals surface area contributed by atoms with Gasteiger partial charge in [-0.3, -0.25) is 4.79 Å². The van der Waals surface area contributed by atoms with Gasteiger partial charge in [-0.15, -0.1) is 0 Å². The number of phenols is 1. The maximum Gasteiger partial charge on any atom is 0.335 e. The molecule has 2 aromatic rings. The Morgan fingerprint density at radius 3 is 2.56 bits per heavy atom. The summed E-state index contributed by atoms with van der Waals surface area (Å²) in [4.78, 5) is 24.0. The molecule has 0 spiro atoms. The van der Waals surface area contributed by atoms with Crippen LogP contribution in [0.2, 0.25) is 0 Å². The molecule has 27 heavy (non-hydrogen) atoms. The number of aromatic hydroxyl groups is 1. The lowest BCUT2D eigenvalue weighted by Crippen LogP contribution is -2.29. The number of carbonyl (C=O) groups excluding carboxylic acids is 1. The van der Waals surface area contributed by atoms with Crippen molar-refractivity contribution in [2.75, 3.05) is 0 Å². The zero-order valence-electron chi connectivity index (χ0n) is 13.6. The van der Waals surface area contributed by atoms with Crippen LogP contribution in [0.3, 0.4) is 0 Å². The number of carbonyl (C=O) groups is 2. The first-order valence-electron chi connectivity index (χ1n) is 8.03. The van der Waals surface area contributed by atoms with Crippen LogP contribution < -0.4 is 4.74 Å². The van der Waals surface area contributed by atoms with Crippen molar-refractivity contribution in [3.8, 4) is 11.5 Å². The number of rotatable bonds is 2. The van der Waals surface area contributed by atoms with Crippen LogP contribution in [0.25, 0.3) is 0 Å². The number of ketones is 1. The summed E-state index contributed by atoms with van der Waals surface area (Å²) in [6.07, 6.45) is 3.28. The Bertz CT molecular complexity index is 1050. The topological polar surface area (TPSA) is 83.8 Å². The standard InChI is InChI=1S/C20H12I2O5/c21-16-13(23)7-5-11-15(9-3-1-2-4-10(9)20(25)26)12-6-8-14(24)17(22)19(12)27-18(11)16/h1-8,11,15,24H,(H,25,26)/t11-,15-/m0/s1. The zero-order valence-corrected chi connectivity index (χ0v) is 18.0. The van der Waals surface area contributed by atoms with E-state index in [9.17, 15) is 19.8 Å². The van der Waals surface area contributed by atoms with Gasteiger partial charge in [0, 0.05) is 17.4 Å². The molecule has 5 nitrogen and oxygen atoms in total. The molecule has 2 atom stereocenters. The van der Waals surface area contributed by atoms with Gasteiger partial charge < -0.3 is 14.9 Å². The highest BCUT2D eigenvalue weighted by atomic mass is 127. The molecule has 0 aromatic heterocycles. The quantitative estimate of drug-likeness (QED) is 0.503. The van der Waals surface area contributed by atoms with Crippen molar-refractivity contribution in [3.05, 3.63) is 78.1 Å². The number of hydrogen-bond acceptors (Lipinski definition) is 4. The molecule has 2 aromatic carbocycles. The fourth-order valence-electron chi connectivity index (χ4n) is 3.53. The maximum atomic E-state index is 12.2. The van der Waals surface area contributed by atoms with Crippen molar-refractivity contribution in [1.82, 2.24) is 0 Å². The molecule has 4 rings (SSSR count). The van der Waals surface area contributed by atoms with E-state index in [0.717, 1.165) is 5.56 Å². The summed E-state index contributed by atoms with van der Waals surface area (Å²) in [6.45, 7) is 0. The first-order valence-corrected chi connectivity index (χ1v) is 10.2. The molecule has 136 valence electrons. The summed E-state index contributed by atoms with van der Waals surface area (Å²) in [5, 5.41) is 19.8. The summed E-state index contributed by atoms with van der Waals surface area (Å²) in [6, 6.07) is 10.2. The predicted molar refractivity (Wildman–Crippen MR) is 115 cm³/mol. The van der Waals surface area contributed by atoms with Crippen LogP contribution in [0.1, 0.15) is 27.4 Å². The van der Waals surface area contributed by atoms with Gasteiger partial charge in [-0.25, -0.2) is 4.79 Å². The fraction of sp³-hybridized carbons (Fsp3) is 0.100. The Kier molecular flexibility index (Phi) is 4.75. The van der Waals surface area contributed by atoms with Crippen LogP contribution >= 0.6 is 45.2 Å². The second kappa shape index (κ2) is 6.93. The molecule has 1 aliphatic heterocycles. The monoisotopic (exact) mass is 586 g/mol. The number of hydrogen-bond donors (Lipinski definition) is 2. The third-order valence-electron chi connectivity index (χ3n) is 4.73. The van der Waals surface area contributed by atoms with E-state index in [1.54, 1.807) is 42.5 Å². The normalized spacial score (nSPS) is 20.7. The average Bonchev–Trinajstić information content (AvgIpc) is 2.66. The number of phenolic OH excluding ortho intramolecular Hbond substituents is 1. The van der Waals surface area contributed by atoms with Gasteiger partial charge in [0.05, 0.1) is 12.7 Å². The van der Waals surface area contributed by atoms with Crippen LogP contribution in [0.5, 0.6) is 11.5 Å². The molecule has 2 N–H and O–H groups in total. The van der Waals surface area contributed by atoms with Gasteiger partial charge in [0.2, 0.25) is 0 Å². The molecule has 0 radical (unpaired) electrons. The van der Waals surface area contributed by atoms with Crippen LogP contribution in [0.4, 0.5) is 0 Å². The maximum absolute atomic E-state index is 12.2.